The SMILES string of the molecule is CN1CCC(O)C(CC2CC2)(C(=O)O)C1. The molecule has 86 valence electrons. The lowest BCUT2D eigenvalue weighted by Gasteiger charge is -2.42. The van der Waals surface area contributed by atoms with Crippen LogP contribution in [0.15, 0.2) is 0 Å². The number of carboxylic acids is 1. The van der Waals surface area contributed by atoms with Gasteiger partial charge in [-0.1, -0.05) is 12.8 Å². The Bertz CT molecular complexity index is 261. The molecule has 2 fully saturated rings. The Balaban J connectivity index is 2.16. The molecular weight excluding hydrogens is 194 g/mol. The van der Waals surface area contributed by atoms with Crippen LogP contribution in [0, 0.1) is 11.3 Å². The first-order chi connectivity index (χ1) is 7.04. The molecule has 2 atom stereocenters. The first-order valence-electron chi connectivity index (χ1n) is 5.64. The summed E-state index contributed by atoms with van der Waals surface area (Å²) < 4.78 is 0. The summed E-state index contributed by atoms with van der Waals surface area (Å²) in [5.74, 6) is -0.296. The summed E-state index contributed by atoms with van der Waals surface area (Å²) in [6.45, 7) is 1.28. The van der Waals surface area contributed by atoms with E-state index in [9.17, 15) is 15.0 Å². The Morgan fingerprint density at radius 2 is 2.13 bits per heavy atom. The van der Waals surface area contributed by atoms with Crippen molar-refractivity contribution >= 4 is 5.97 Å². The molecule has 2 N–H and O–H groups in total. The smallest absolute Gasteiger partial charge is 0.313 e. The lowest BCUT2D eigenvalue weighted by molar-refractivity contribution is -0.164. The molecule has 0 amide bonds. The van der Waals surface area contributed by atoms with Crippen LogP contribution in [0.4, 0.5) is 0 Å². The molecule has 2 rings (SSSR count). The number of aliphatic carboxylic acids is 1. The van der Waals surface area contributed by atoms with Crippen LogP contribution >= 0.6 is 0 Å². The van der Waals surface area contributed by atoms with Gasteiger partial charge >= 0.3 is 5.97 Å². The molecule has 1 saturated carbocycles. The minimum Gasteiger partial charge on any atom is -0.481 e. The van der Waals surface area contributed by atoms with Crippen LogP contribution in [-0.4, -0.2) is 47.3 Å². The number of carbonyl (C=O) groups is 1. The summed E-state index contributed by atoms with van der Waals surface area (Å²) in [5.41, 5.74) is -0.909. The Kier molecular flexibility index (Phi) is 2.73. The molecule has 1 aliphatic heterocycles. The van der Waals surface area contributed by atoms with Crippen molar-refractivity contribution in [2.45, 2.75) is 31.8 Å². The summed E-state index contributed by atoms with van der Waals surface area (Å²) in [6.07, 6.45) is 2.81. The summed E-state index contributed by atoms with van der Waals surface area (Å²) >= 11 is 0. The zero-order valence-corrected chi connectivity index (χ0v) is 9.15. The quantitative estimate of drug-likeness (QED) is 0.719. The highest BCUT2D eigenvalue weighted by molar-refractivity contribution is 5.76. The topological polar surface area (TPSA) is 60.8 Å². The van der Waals surface area contributed by atoms with Crippen molar-refractivity contribution in [3.8, 4) is 0 Å². The molecule has 4 heteroatoms. The van der Waals surface area contributed by atoms with E-state index >= 15 is 0 Å². The average molecular weight is 213 g/mol. The van der Waals surface area contributed by atoms with Crippen molar-refractivity contribution in [2.24, 2.45) is 11.3 Å². The molecule has 0 radical (unpaired) electrons. The standard InChI is InChI=1S/C11H19NO3/c1-12-5-4-9(13)11(7-12,10(14)15)6-8-2-3-8/h8-9,13H,2-7H2,1H3,(H,14,15). The van der Waals surface area contributed by atoms with Crippen LogP contribution in [0.1, 0.15) is 25.7 Å². The second kappa shape index (κ2) is 3.76. The third-order valence-corrected chi connectivity index (χ3v) is 3.75. The molecule has 1 saturated heterocycles. The van der Waals surface area contributed by atoms with Gasteiger partial charge in [0.25, 0.3) is 0 Å². The van der Waals surface area contributed by atoms with Crippen molar-refractivity contribution in [1.29, 1.82) is 0 Å². The fourth-order valence-electron chi connectivity index (χ4n) is 2.62. The lowest BCUT2D eigenvalue weighted by Crippen LogP contribution is -2.55. The van der Waals surface area contributed by atoms with Gasteiger partial charge in [0.1, 0.15) is 5.41 Å². The van der Waals surface area contributed by atoms with E-state index in [1.165, 1.54) is 0 Å². The third-order valence-electron chi connectivity index (χ3n) is 3.75. The second-order valence-electron chi connectivity index (χ2n) is 5.15. The minimum atomic E-state index is -0.909. The van der Waals surface area contributed by atoms with Gasteiger partial charge in [0.15, 0.2) is 0 Å². The number of hydrogen-bond donors (Lipinski definition) is 2. The highest BCUT2D eigenvalue weighted by Crippen LogP contribution is 2.44. The molecule has 1 heterocycles. The van der Waals surface area contributed by atoms with Gasteiger partial charge in [0.05, 0.1) is 6.10 Å². The summed E-state index contributed by atoms with van der Waals surface area (Å²) in [4.78, 5) is 13.4. The zero-order chi connectivity index (χ0) is 11.1. The van der Waals surface area contributed by atoms with Crippen LogP contribution in [0.3, 0.4) is 0 Å². The molecular formula is C11H19NO3. The molecule has 2 aliphatic rings. The maximum atomic E-state index is 11.4. The molecule has 0 aromatic rings. The molecule has 1 aliphatic carbocycles. The highest BCUT2D eigenvalue weighted by atomic mass is 16.4. The third kappa shape index (κ3) is 2.01. The first kappa shape index (κ1) is 10.9. The number of aliphatic hydroxyl groups is 1. The highest BCUT2D eigenvalue weighted by Gasteiger charge is 2.50. The maximum Gasteiger partial charge on any atom is 0.313 e. The van der Waals surface area contributed by atoms with E-state index in [-0.39, 0.29) is 0 Å². The van der Waals surface area contributed by atoms with Crippen molar-refractivity contribution < 1.29 is 15.0 Å². The monoisotopic (exact) mass is 213 g/mol. The molecule has 0 spiro atoms. The van der Waals surface area contributed by atoms with Gasteiger partial charge in [0, 0.05) is 13.1 Å². The van der Waals surface area contributed by atoms with Crippen LogP contribution in [0.25, 0.3) is 0 Å². The summed E-state index contributed by atoms with van der Waals surface area (Å²) in [6, 6.07) is 0. The van der Waals surface area contributed by atoms with Crippen molar-refractivity contribution in [1.82, 2.24) is 4.90 Å². The Labute approximate surface area is 89.9 Å². The predicted molar refractivity (Wildman–Crippen MR) is 55.5 cm³/mol. The average Bonchev–Trinajstić information content (AvgIpc) is 2.95. The lowest BCUT2D eigenvalue weighted by atomic mass is 9.73. The van der Waals surface area contributed by atoms with E-state index in [0.717, 1.165) is 19.4 Å². The number of carboxylic acid groups (broad SMARTS) is 1. The Morgan fingerprint density at radius 1 is 1.47 bits per heavy atom. The van der Waals surface area contributed by atoms with E-state index in [1.807, 2.05) is 11.9 Å². The molecule has 2 unspecified atom stereocenters. The normalized spacial score (nSPS) is 37.9. The van der Waals surface area contributed by atoms with E-state index in [0.29, 0.717) is 25.3 Å². The van der Waals surface area contributed by atoms with E-state index in [4.69, 9.17) is 0 Å². The second-order valence-corrected chi connectivity index (χ2v) is 5.15. The summed E-state index contributed by atoms with van der Waals surface area (Å²) in [7, 11) is 1.93. The molecule has 0 bridgehead atoms. The first-order valence-corrected chi connectivity index (χ1v) is 5.64. The number of piperidine rings is 1. The van der Waals surface area contributed by atoms with E-state index in [2.05, 4.69) is 0 Å². The maximum absolute atomic E-state index is 11.4. The largest absolute Gasteiger partial charge is 0.481 e. The van der Waals surface area contributed by atoms with Gasteiger partial charge in [-0.25, -0.2) is 0 Å². The molecule has 15 heavy (non-hydrogen) atoms. The predicted octanol–water partition coefficient (Wildman–Crippen LogP) is 0.554. The van der Waals surface area contributed by atoms with Crippen LogP contribution in [-0.2, 0) is 4.79 Å². The van der Waals surface area contributed by atoms with Gasteiger partial charge < -0.3 is 15.1 Å². The Morgan fingerprint density at radius 3 is 2.67 bits per heavy atom. The molecule has 0 aromatic carbocycles. The number of likely N-dealkylation sites (tertiary alicyclic amines) is 1. The fraction of sp³-hybridized carbons (Fsp3) is 0.909. The summed E-state index contributed by atoms with van der Waals surface area (Å²) in [5, 5.41) is 19.3. The molecule has 0 aromatic heterocycles. The number of rotatable bonds is 3. The number of hydrogen-bond acceptors (Lipinski definition) is 3. The number of aliphatic hydroxyl groups excluding tert-OH is 1. The van der Waals surface area contributed by atoms with Crippen molar-refractivity contribution in [3.63, 3.8) is 0 Å². The fourth-order valence-corrected chi connectivity index (χ4v) is 2.62. The zero-order valence-electron chi connectivity index (χ0n) is 9.15. The van der Waals surface area contributed by atoms with Crippen LogP contribution < -0.4 is 0 Å². The van der Waals surface area contributed by atoms with Gasteiger partial charge in [-0.2, -0.15) is 0 Å². The van der Waals surface area contributed by atoms with E-state index in [1.54, 1.807) is 0 Å². The number of nitrogens with zero attached hydrogens (tertiary/aromatic N) is 1. The van der Waals surface area contributed by atoms with Crippen LogP contribution in [0.2, 0.25) is 0 Å². The van der Waals surface area contributed by atoms with E-state index < -0.39 is 17.5 Å². The van der Waals surface area contributed by atoms with Crippen molar-refractivity contribution in [3.05, 3.63) is 0 Å². The minimum absolute atomic E-state index is 0.486. The molecule has 4 nitrogen and oxygen atoms in total. The van der Waals surface area contributed by atoms with Crippen molar-refractivity contribution in [2.75, 3.05) is 20.1 Å². The van der Waals surface area contributed by atoms with Gasteiger partial charge in [-0.3, -0.25) is 4.79 Å². The van der Waals surface area contributed by atoms with Gasteiger partial charge in [-0.05, 0) is 25.8 Å². The van der Waals surface area contributed by atoms with Crippen LogP contribution in [0.5, 0.6) is 0 Å². The van der Waals surface area contributed by atoms with Gasteiger partial charge in [-0.15, -0.1) is 0 Å². The Hall–Kier alpha value is -0.610. The van der Waals surface area contributed by atoms with Gasteiger partial charge in [0.2, 0.25) is 0 Å².